The van der Waals surface area contributed by atoms with E-state index in [1.807, 2.05) is 91.0 Å². The van der Waals surface area contributed by atoms with Crippen LogP contribution in [0.5, 0.6) is 0 Å². The Morgan fingerprint density at radius 2 is 1.71 bits per heavy atom. The zero-order valence-electron chi connectivity index (χ0n) is 23.2. The number of amides is 4. The van der Waals surface area contributed by atoms with Crippen LogP contribution in [0.1, 0.15) is 22.7 Å². The second kappa shape index (κ2) is 11.8. The highest BCUT2D eigenvalue weighted by Gasteiger charge is 2.52. The molecule has 0 aliphatic carbocycles. The number of benzene rings is 3. The lowest BCUT2D eigenvalue weighted by molar-refractivity contribution is -0.158. The van der Waals surface area contributed by atoms with Gasteiger partial charge in [-0.15, -0.1) is 6.58 Å². The van der Waals surface area contributed by atoms with Crippen molar-refractivity contribution in [2.24, 2.45) is 0 Å². The van der Waals surface area contributed by atoms with Crippen LogP contribution >= 0.6 is 0 Å². The van der Waals surface area contributed by atoms with Crippen LogP contribution in [0.15, 0.2) is 110 Å². The molecule has 3 aromatic carbocycles. The number of fused-ring (bicyclic) bond motifs is 2. The molecular weight excluding hydrogens is 528 g/mol. The molecular formula is C33H32N6O3. The van der Waals surface area contributed by atoms with Gasteiger partial charge in [0.1, 0.15) is 12.2 Å². The highest BCUT2D eigenvalue weighted by atomic mass is 16.2. The average molecular weight is 561 g/mol. The fourth-order valence-corrected chi connectivity index (χ4v) is 5.83. The molecule has 6 rings (SSSR count). The van der Waals surface area contributed by atoms with E-state index in [9.17, 15) is 14.4 Å². The van der Waals surface area contributed by atoms with Gasteiger partial charge >= 0.3 is 6.03 Å². The first-order valence-corrected chi connectivity index (χ1v) is 14.0. The van der Waals surface area contributed by atoms with Crippen molar-refractivity contribution < 1.29 is 14.4 Å². The Morgan fingerprint density at radius 3 is 2.48 bits per heavy atom. The summed E-state index contributed by atoms with van der Waals surface area (Å²) in [6, 6.07) is 27.7. The number of aromatic nitrogens is 1. The zero-order chi connectivity index (χ0) is 29.1. The summed E-state index contributed by atoms with van der Waals surface area (Å²) >= 11 is 0. The first-order valence-electron chi connectivity index (χ1n) is 14.0. The first kappa shape index (κ1) is 27.2. The molecule has 3 heterocycles. The Hall–Kier alpha value is -5.02. The van der Waals surface area contributed by atoms with Crippen molar-refractivity contribution in [2.75, 3.05) is 19.6 Å². The molecule has 1 N–H and O–H groups in total. The summed E-state index contributed by atoms with van der Waals surface area (Å²) in [5.74, 6) is -0.372. The Balaban J connectivity index is 1.33. The van der Waals surface area contributed by atoms with Crippen LogP contribution in [0.3, 0.4) is 0 Å². The molecule has 0 spiro atoms. The molecule has 1 aromatic heterocycles. The van der Waals surface area contributed by atoms with Crippen LogP contribution in [0, 0.1) is 0 Å². The maximum absolute atomic E-state index is 14.1. The molecule has 2 aliphatic rings. The molecule has 2 aliphatic heterocycles. The van der Waals surface area contributed by atoms with E-state index in [-0.39, 0.29) is 37.5 Å². The number of hydrazine groups is 1. The second-order valence-corrected chi connectivity index (χ2v) is 10.4. The number of carbonyl (C=O) groups excluding carboxylic acids is 3. The molecule has 9 heteroatoms. The molecule has 212 valence electrons. The summed E-state index contributed by atoms with van der Waals surface area (Å²) in [6.07, 6.45) is 2.83. The predicted molar refractivity (Wildman–Crippen MR) is 159 cm³/mol. The SMILES string of the molecule is C=CCN(C(=O)NCc1ccccc1)N1CC(=O)N2[C@@H](c3ccccc3)C(=O)N(Cc3cccc4cccnc34)C[C@@H]21. The van der Waals surface area contributed by atoms with Gasteiger partial charge < -0.3 is 15.1 Å². The van der Waals surface area contributed by atoms with Gasteiger partial charge in [-0.25, -0.2) is 4.79 Å². The molecule has 4 amide bonds. The van der Waals surface area contributed by atoms with Crippen molar-refractivity contribution in [1.29, 1.82) is 0 Å². The summed E-state index contributed by atoms with van der Waals surface area (Å²) in [4.78, 5) is 49.3. The van der Waals surface area contributed by atoms with E-state index in [1.54, 1.807) is 27.1 Å². The van der Waals surface area contributed by atoms with Crippen LogP contribution in [-0.4, -0.2) is 68.4 Å². The van der Waals surface area contributed by atoms with Gasteiger partial charge in [0.15, 0.2) is 0 Å². The number of carbonyl (C=O) groups is 3. The standard InChI is InChI=1S/C33H32N6O3/c1-2-19-37(33(42)35-20-24-11-5-3-6-12-24)38-23-29(40)39-28(38)22-36(32(41)31(39)26-13-7-4-8-14-26)21-27-16-9-15-25-17-10-18-34-30(25)27/h2-18,28,31H,1,19-23H2,(H,35,42)/t28-,31+/m1/s1. The van der Waals surface area contributed by atoms with Gasteiger partial charge in [-0.2, -0.15) is 5.01 Å². The molecule has 42 heavy (non-hydrogen) atoms. The van der Waals surface area contributed by atoms with Gasteiger partial charge in [-0.05, 0) is 22.8 Å². The van der Waals surface area contributed by atoms with Crippen molar-refractivity contribution in [2.45, 2.75) is 25.3 Å². The summed E-state index contributed by atoms with van der Waals surface area (Å²) < 4.78 is 0. The van der Waals surface area contributed by atoms with Gasteiger partial charge in [0.05, 0.1) is 25.2 Å². The van der Waals surface area contributed by atoms with Crippen molar-refractivity contribution in [3.63, 3.8) is 0 Å². The maximum Gasteiger partial charge on any atom is 0.332 e. The van der Waals surface area contributed by atoms with Gasteiger partial charge in [-0.1, -0.05) is 91.0 Å². The average Bonchev–Trinajstić information content (AvgIpc) is 3.35. The van der Waals surface area contributed by atoms with E-state index >= 15 is 0 Å². The molecule has 0 bridgehead atoms. The van der Waals surface area contributed by atoms with Crippen LogP contribution in [0.25, 0.3) is 10.9 Å². The minimum atomic E-state index is -0.816. The summed E-state index contributed by atoms with van der Waals surface area (Å²) in [7, 11) is 0. The lowest BCUT2D eigenvalue weighted by Gasteiger charge is -2.46. The van der Waals surface area contributed by atoms with Crippen molar-refractivity contribution >= 4 is 28.7 Å². The monoisotopic (exact) mass is 560 g/mol. The molecule has 2 atom stereocenters. The van der Waals surface area contributed by atoms with E-state index in [0.29, 0.717) is 13.1 Å². The second-order valence-electron chi connectivity index (χ2n) is 10.4. The first-order chi connectivity index (χ1) is 20.5. The minimum Gasteiger partial charge on any atom is -0.333 e. The summed E-state index contributed by atoms with van der Waals surface area (Å²) in [5, 5.41) is 7.25. The third-order valence-corrected chi connectivity index (χ3v) is 7.78. The third kappa shape index (κ3) is 5.22. The smallest absolute Gasteiger partial charge is 0.332 e. The molecule has 0 radical (unpaired) electrons. The van der Waals surface area contributed by atoms with Gasteiger partial charge in [0, 0.05) is 24.7 Å². The highest BCUT2D eigenvalue weighted by Crippen LogP contribution is 2.36. The Bertz CT molecular complexity index is 1610. The normalized spacial score (nSPS) is 18.7. The van der Waals surface area contributed by atoms with Gasteiger partial charge in [0.2, 0.25) is 5.91 Å². The van der Waals surface area contributed by atoms with Gasteiger partial charge in [-0.3, -0.25) is 19.6 Å². The van der Waals surface area contributed by atoms with Crippen molar-refractivity contribution in [3.05, 3.63) is 127 Å². The number of pyridine rings is 1. The summed E-state index contributed by atoms with van der Waals surface area (Å²) in [6.45, 7) is 4.92. The van der Waals surface area contributed by atoms with Crippen LogP contribution < -0.4 is 5.32 Å². The minimum absolute atomic E-state index is 0.0302. The van der Waals surface area contributed by atoms with Crippen molar-refractivity contribution in [1.82, 2.24) is 30.1 Å². The number of nitrogens with one attached hydrogen (secondary N) is 1. The molecule has 9 nitrogen and oxygen atoms in total. The Kier molecular flexibility index (Phi) is 7.66. The lowest BCUT2D eigenvalue weighted by Crippen LogP contribution is -2.62. The van der Waals surface area contributed by atoms with E-state index in [0.717, 1.165) is 27.6 Å². The number of para-hydroxylation sites is 1. The fraction of sp³-hybridized carbons (Fsp3) is 0.212. The maximum atomic E-state index is 14.1. The van der Waals surface area contributed by atoms with Crippen LogP contribution in [0.2, 0.25) is 0 Å². The molecule has 2 fully saturated rings. The van der Waals surface area contributed by atoms with Crippen molar-refractivity contribution in [3.8, 4) is 0 Å². The fourth-order valence-electron chi connectivity index (χ4n) is 5.83. The molecule has 0 saturated carbocycles. The number of urea groups is 1. The van der Waals surface area contributed by atoms with E-state index in [4.69, 9.17) is 0 Å². The molecule has 4 aromatic rings. The lowest BCUT2D eigenvalue weighted by atomic mass is 9.99. The number of hydrogen-bond donors (Lipinski definition) is 1. The number of piperazine rings is 1. The topological polar surface area (TPSA) is 89.1 Å². The molecule has 0 unspecified atom stereocenters. The quantitative estimate of drug-likeness (QED) is 0.328. The Labute approximate surface area is 244 Å². The van der Waals surface area contributed by atoms with E-state index in [1.165, 1.54) is 5.01 Å². The van der Waals surface area contributed by atoms with Gasteiger partial charge in [0.25, 0.3) is 5.91 Å². The summed E-state index contributed by atoms with van der Waals surface area (Å²) in [5.41, 5.74) is 3.44. The van der Waals surface area contributed by atoms with E-state index in [2.05, 4.69) is 16.9 Å². The van der Waals surface area contributed by atoms with E-state index < -0.39 is 12.2 Å². The predicted octanol–water partition coefficient (Wildman–Crippen LogP) is 4.10. The van der Waals surface area contributed by atoms with Crippen LogP contribution in [0.4, 0.5) is 4.79 Å². The molecule has 2 saturated heterocycles. The number of rotatable bonds is 8. The number of hydrogen-bond acceptors (Lipinski definition) is 5. The largest absolute Gasteiger partial charge is 0.333 e. The highest BCUT2D eigenvalue weighted by molar-refractivity contribution is 5.92. The Morgan fingerprint density at radius 1 is 0.976 bits per heavy atom. The third-order valence-electron chi connectivity index (χ3n) is 7.78. The van der Waals surface area contributed by atoms with Crippen LogP contribution in [-0.2, 0) is 22.7 Å². The zero-order valence-corrected chi connectivity index (χ0v) is 23.2. The number of nitrogens with zero attached hydrogens (tertiary/aromatic N) is 5.